The van der Waals surface area contributed by atoms with Crippen LogP contribution >= 0.6 is 0 Å². The Bertz CT molecular complexity index is 546. The monoisotopic (exact) mass is 293 g/mol. The van der Waals surface area contributed by atoms with Crippen LogP contribution in [-0.2, 0) is 4.79 Å². The largest absolute Gasteiger partial charge is 0.338 e. The summed E-state index contributed by atoms with van der Waals surface area (Å²) >= 11 is 0. The van der Waals surface area contributed by atoms with Crippen molar-refractivity contribution in [3.63, 3.8) is 0 Å². The number of rotatable bonds is 4. The maximum Gasteiger partial charge on any atom is 0.319 e. The Labute approximate surface area is 123 Å². The lowest BCUT2D eigenvalue weighted by molar-refractivity contribution is -0.117. The Hall–Kier alpha value is -2.11. The molecular formula is C15H20FN3O2. The Morgan fingerprint density at radius 3 is 2.81 bits per heavy atom. The highest BCUT2D eigenvalue weighted by Gasteiger charge is 2.24. The summed E-state index contributed by atoms with van der Waals surface area (Å²) in [4.78, 5) is 24.8. The zero-order valence-corrected chi connectivity index (χ0v) is 12.3. The molecule has 6 heteroatoms. The second kappa shape index (κ2) is 6.56. The zero-order valence-electron chi connectivity index (χ0n) is 12.3. The maximum absolute atomic E-state index is 13.9. The number of hydrogen-bond donors (Lipinski definition) is 2. The summed E-state index contributed by atoms with van der Waals surface area (Å²) in [7, 11) is 0. The fraction of sp³-hybridized carbons (Fsp3) is 0.467. The highest BCUT2D eigenvalue weighted by Crippen LogP contribution is 2.27. The quantitative estimate of drug-likeness (QED) is 0.896. The van der Waals surface area contributed by atoms with E-state index in [1.165, 1.54) is 23.1 Å². The van der Waals surface area contributed by atoms with E-state index >= 15 is 0 Å². The zero-order chi connectivity index (χ0) is 15.4. The third-order valence-electron chi connectivity index (χ3n) is 3.24. The summed E-state index contributed by atoms with van der Waals surface area (Å²) in [6.45, 7) is 5.06. The van der Waals surface area contributed by atoms with Gasteiger partial charge in [-0.3, -0.25) is 4.79 Å². The number of halogens is 1. The first-order chi connectivity index (χ1) is 9.97. The molecule has 1 fully saturated rings. The number of carbonyl (C=O) groups excluding carboxylic acids is 2. The second-order valence-corrected chi connectivity index (χ2v) is 5.54. The first-order valence-corrected chi connectivity index (χ1v) is 7.12. The average Bonchev–Trinajstić information content (AvgIpc) is 2.85. The highest BCUT2D eigenvalue weighted by molar-refractivity contribution is 5.97. The van der Waals surface area contributed by atoms with Gasteiger partial charge >= 0.3 is 6.03 Å². The van der Waals surface area contributed by atoms with Gasteiger partial charge in [0, 0.05) is 25.2 Å². The van der Waals surface area contributed by atoms with Crippen molar-refractivity contribution in [2.75, 3.05) is 23.3 Å². The number of nitrogens with zero attached hydrogens (tertiary/aromatic N) is 1. The molecule has 0 radical (unpaired) electrons. The molecule has 2 rings (SSSR count). The number of anilines is 2. The number of benzene rings is 1. The van der Waals surface area contributed by atoms with E-state index in [0.29, 0.717) is 31.1 Å². The lowest BCUT2D eigenvalue weighted by Crippen LogP contribution is -2.32. The molecular weight excluding hydrogens is 273 g/mol. The SMILES string of the molecule is CC(C)CNC(=O)Nc1ccc(F)c(N2CCCC2=O)c1. The van der Waals surface area contributed by atoms with E-state index in [2.05, 4.69) is 10.6 Å². The molecule has 0 atom stereocenters. The summed E-state index contributed by atoms with van der Waals surface area (Å²) in [6, 6.07) is 3.90. The van der Waals surface area contributed by atoms with Crippen LogP contribution in [0.4, 0.5) is 20.6 Å². The van der Waals surface area contributed by atoms with E-state index in [-0.39, 0.29) is 17.6 Å². The van der Waals surface area contributed by atoms with Crippen LogP contribution in [-0.4, -0.2) is 25.0 Å². The predicted octanol–water partition coefficient (Wildman–Crippen LogP) is 2.73. The van der Waals surface area contributed by atoms with Crippen LogP contribution in [0.2, 0.25) is 0 Å². The van der Waals surface area contributed by atoms with E-state index in [1.54, 1.807) is 0 Å². The van der Waals surface area contributed by atoms with E-state index in [4.69, 9.17) is 0 Å². The minimum atomic E-state index is -0.460. The van der Waals surface area contributed by atoms with Crippen LogP contribution in [0.1, 0.15) is 26.7 Å². The van der Waals surface area contributed by atoms with Gasteiger partial charge in [0.15, 0.2) is 0 Å². The third kappa shape index (κ3) is 3.93. The third-order valence-corrected chi connectivity index (χ3v) is 3.24. The first-order valence-electron chi connectivity index (χ1n) is 7.12. The Morgan fingerprint density at radius 1 is 1.43 bits per heavy atom. The molecule has 0 aliphatic carbocycles. The summed E-state index contributed by atoms with van der Waals surface area (Å²) in [5.74, 6) is -0.199. The van der Waals surface area contributed by atoms with E-state index in [1.807, 2.05) is 13.8 Å². The molecule has 2 N–H and O–H groups in total. The van der Waals surface area contributed by atoms with Crippen molar-refractivity contribution in [3.05, 3.63) is 24.0 Å². The molecule has 3 amide bonds. The molecule has 0 unspecified atom stereocenters. The molecule has 1 saturated heterocycles. The van der Waals surface area contributed by atoms with Gasteiger partial charge in [0.05, 0.1) is 5.69 Å². The van der Waals surface area contributed by atoms with Crippen molar-refractivity contribution < 1.29 is 14.0 Å². The van der Waals surface area contributed by atoms with E-state index in [9.17, 15) is 14.0 Å². The topological polar surface area (TPSA) is 61.4 Å². The van der Waals surface area contributed by atoms with Gasteiger partial charge in [0.25, 0.3) is 0 Å². The number of amides is 3. The molecule has 0 bridgehead atoms. The molecule has 0 spiro atoms. The van der Waals surface area contributed by atoms with Crippen LogP contribution in [0.25, 0.3) is 0 Å². The lowest BCUT2D eigenvalue weighted by atomic mass is 10.2. The van der Waals surface area contributed by atoms with Crippen LogP contribution < -0.4 is 15.5 Å². The van der Waals surface area contributed by atoms with Crippen LogP contribution in [0.3, 0.4) is 0 Å². The van der Waals surface area contributed by atoms with Crippen molar-refractivity contribution in [2.24, 2.45) is 5.92 Å². The summed E-state index contributed by atoms with van der Waals surface area (Å²) < 4.78 is 13.9. The van der Waals surface area contributed by atoms with Crippen molar-refractivity contribution in [3.8, 4) is 0 Å². The molecule has 1 aliphatic heterocycles. The number of carbonyl (C=O) groups is 2. The number of nitrogens with one attached hydrogen (secondary N) is 2. The van der Waals surface area contributed by atoms with Crippen molar-refractivity contribution in [2.45, 2.75) is 26.7 Å². The molecule has 1 aromatic carbocycles. The number of urea groups is 1. The normalized spacial score (nSPS) is 14.7. The minimum absolute atomic E-state index is 0.0877. The van der Waals surface area contributed by atoms with E-state index < -0.39 is 5.82 Å². The lowest BCUT2D eigenvalue weighted by Gasteiger charge is -2.18. The molecule has 1 aromatic rings. The van der Waals surface area contributed by atoms with E-state index in [0.717, 1.165) is 6.42 Å². The molecule has 21 heavy (non-hydrogen) atoms. The Morgan fingerprint density at radius 2 is 2.19 bits per heavy atom. The maximum atomic E-state index is 13.9. The van der Waals surface area contributed by atoms with Gasteiger partial charge in [0.1, 0.15) is 5.82 Å². The molecule has 1 heterocycles. The summed E-state index contributed by atoms with van der Waals surface area (Å²) in [5, 5.41) is 5.37. The summed E-state index contributed by atoms with van der Waals surface area (Å²) in [5.41, 5.74) is 0.687. The second-order valence-electron chi connectivity index (χ2n) is 5.54. The standard InChI is InChI=1S/C15H20FN3O2/c1-10(2)9-17-15(21)18-11-5-6-12(16)13(8-11)19-7-3-4-14(19)20/h5-6,8,10H,3-4,7,9H2,1-2H3,(H2,17,18,21). The first kappa shape index (κ1) is 15.3. The fourth-order valence-electron chi connectivity index (χ4n) is 2.17. The predicted molar refractivity (Wildman–Crippen MR) is 79.8 cm³/mol. The molecule has 5 nitrogen and oxygen atoms in total. The minimum Gasteiger partial charge on any atom is -0.338 e. The molecule has 1 aliphatic rings. The van der Waals surface area contributed by atoms with Gasteiger partial charge in [-0.15, -0.1) is 0 Å². The van der Waals surface area contributed by atoms with Gasteiger partial charge in [-0.05, 0) is 30.5 Å². The highest BCUT2D eigenvalue weighted by atomic mass is 19.1. The molecule has 114 valence electrons. The van der Waals surface area contributed by atoms with Crippen molar-refractivity contribution >= 4 is 23.3 Å². The van der Waals surface area contributed by atoms with Gasteiger partial charge in [-0.1, -0.05) is 13.8 Å². The van der Waals surface area contributed by atoms with Gasteiger partial charge in [0.2, 0.25) is 5.91 Å². The molecule has 0 aromatic heterocycles. The average molecular weight is 293 g/mol. The van der Waals surface area contributed by atoms with Crippen molar-refractivity contribution in [1.29, 1.82) is 0 Å². The smallest absolute Gasteiger partial charge is 0.319 e. The number of hydrogen-bond acceptors (Lipinski definition) is 2. The van der Waals surface area contributed by atoms with Crippen LogP contribution in [0.5, 0.6) is 0 Å². The van der Waals surface area contributed by atoms with Gasteiger partial charge < -0.3 is 15.5 Å². The van der Waals surface area contributed by atoms with Gasteiger partial charge in [-0.25, -0.2) is 9.18 Å². The van der Waals surface area contributed by atoms with Gasteiger partial charge in [-0.2, -0.15) is 0 Å². The molecule has 0 saturated carbocycles. The van der Waals surface area contributed by atoms with Crippen LogP contribution in [0.15, 0.2) is 18.2 Å². The Kier molecular flexibility index (Phi) is 4.77. The van der Waals surface area contributed by atoms with Crippen LogP contribution in [0, 0.1) is 11.7 Å². The Balaban J connectivity index is 2.08. The fourth-order valence-corrected chi connectivity index (χ4v) is 2.17. The summed E-state index contributed by atoms with van der Waals surface area (Å²) in [6.07, 6.45) is 1.16. The van der Waals surface area contributed by atoms with Crippen molar-refractivity contribution in [1.82, 2.24) is 5.32 Å².